The van der Waals surface area contributed by atoms with Crippen molar-refractivity contribution in [1.82, 2.24) is 5.32 Å². The Labute approximate surface area is 120 Å². The van der Waals surface area contributed by atoms with E-state index in [9.17, 15) is 9.59 Å². The minimum Gasteiger partial charge on any atom is -0.323 e. The quantitative estimate of drug-likeness (QED) is 0.835. The fourth-order valence-corrected chi connectivity index (χ4v) is 2.66. The maximum Gasteiger partial charge on any atom is 0.251 e. The molecule has 105 valence electrons. The largest absolute Gasteiger partial charge is 0.323 e. The molecule has 0 spiro atoms. The number of rotatable bonds is 5. The van der Waals surface area contributed by atoms with Gasteiger partial charge in [0.1, 0.15) is 0 Å². The van der Waals surface area contributed by atoms with Gasteiger partial charge in [-0.2, -0.15) is 0 Å². The monoisotopic (exact) mass is 270 g/mol. The molecule has 0 aliphatic heterocycles. The third-order valence-electron chi connectivity index (χ3n) is 3.69. The summed E-state index contributed by atoms with van der Waals surface area (Å²) in [6.45, 7) is 0. The zero-order valence-electron chi connectivity index (χ0n) is 11.6. The first-order valence-corrected chi connectivity index (χ1v) is 7.22. The number of carbonyl (C=O) groups is 1. The second-order valence-corrected chi connectivity index (χ2v) is 5.33. The molecular weight excluding hydrogens is 250 g/mol. The van der Waals surface area contributed by atoms with Crippen LogP contribution in [0.1, 0.15) is 44.1 Å². The Hall–Kier alpha value is -1.90. The summed E-state index contributed by atoms with van der Waals surface area (Å²) in [5.41, 5.74) is 1.08. The van der Waals surface area contributed by atoms with Crippen LogP contribution in [0.4, 0.5) is 0 Å². The third-order valence-corrected chi connectivity index (χ3v) is 3.69. The zero-order valence-corrected chi connectivity index (χ0v) is 11.6. The molecule has 0 saturated heterocycles. The zero-order chi connectivity index (χ0) is 14.2. The molecule has 3 heteroatoms. The van der Waals surface area contributed by atoms with Crippen molar-refractivity contribution in [3.63, 3.8) is 0 Å². The first-order valence-electron chi connectivity index (χ1n) is 7.22. The Kier molecular flexibility index (Phi) is 5.54. The van der Waals surface area contributed by atoms with E-state index in [0.29, 0.717) is 12.3 Å². The van der Waals surface area contributed by atoms with E-state index in [1.54, 1.807) is 12.4 Å². The lowest BCUT2D eigenvalue weighted by Crippen LogP contribution is -2.26. The van der Waals surface area contributed by atoms with E-state index in [1.807, 2.05) is 30.3 Å². The van der Waals surface area contributed by atoms with Crippen LogP contribution in [0.25, 0.3) is 6.08 Å². The third kappa shape index (κ3) is 4.65. The van der Waals surface area contributed by atoms with Crippen LogP contribution in [-0.2, 0) is 9.59 Å². The van der Waals surface area contributed by atoms with Crippen LogP contribution in [0.5, 0.6) is 0 Å². The van der Waals surface area contributed by atoms with Crippen molar-refractivity contribution >= 4 is 18.3 Å². The Morgan fingerprint density at radius 3 is 2.55 bits per heavy atom. The minimum absolute atomic E-state index is 0.0811. The van der Waals surface area contributed by atoms with Crippen molar-refractivity contribution in [3.05, 3.63) is 41.6 Å². The lowest BCUT2D eigenvalue weighted by Gasteiger charge is -2.20. The Balaban J connectivity index is 1.90. The number of nitrogens with one attached hydrogen (secondary N) is 1. The molecule has 1 N–H and O–H groups in total. The number of benzene rings is 1. The van der Waals surface area contributed by atoms with Gasteiger partial charge in [-0.25, -0.2) is 0 Å². The predicted octanol–water partition coefficient (Wildman–Crippen LogP) is 3.22. The average molecular weight is 270 g/mol. The van der Waals surface area contributed by atoms with Crippen molar-refractivity contribution in [2.75, 3.05) is 0 Å². The van der Waals surface area contributed by atoms with Crippen LogP contribution in [0.2, 0.25) is 0 Å². The highest BCUT2D eigenvalue weighted by molar-refractivity contribution is 5.90. The molecule has 1 saturated carbocycles. The molecule has 1 aliphatic carbocycles. The Morgan fingerprint density at radius 2 is 1.90 bits per heavy atom. The van der Waals surface area contributed by atoms with Gasteiger partial charge in [0, 0.05) is 6.42 Å². The number of allylic oxidation sites excluding steroid dienone is 1. The van der Waals surface area contributed by atoms with Crippen LogP contribution < -0.4 is 5.32 Å². The number of hydrogen-bond acceptors (Lipinski definition) is 2. The van der Waals surface area contributed by atoms with Gasteiger partial charge in [0.2, 0.25) is 5.91 Å². The van der Waals surface area contributed by atoms with Gasteiger partial charge in [-0.05, 0) is 30.4 Å². The molecule has 2 rings (SSSR count). The molecule has 1 amide bonds. The lowest BCUT2D eigenvalue weighted by atomic mass is 9.87. The lowest BCUT2D eigenvalue weighted by molar-refractivity contribution is -0.121. The molecule has 1 fully saturated rings. The molecule has 20 heavy (non-hydrogen) atoms. The van der Waals surface area contributed by atoms with Crippen LogP contribution >= 0.6 is 0 Å². The van der Waals surface area contributed by atoms with Crippen LogP contribution in [-0.4, -0.2) is 12.2 Å². The molecule has 3 nitrogen and oxygen atoms in total. The molecule has 0 unspecified atom stereocenters. The molecule has 0 bridgehead atoms. The summed E-state index contributed by atoms with van der Waals surface area (Å²) in [6.07, 6.45) is 9.89. The van der Waals surface area contributed by atoms with Gasteiger partial charge in [0.05, 0.1) is 5.70 Å². The highest BCUT2D eigenvalue weighted by Crippen LogP contribution is 2.26. The molecule has 1 aromatic rings. The van der Waals surface area contributed by atoms with Crippen LogP contribution in [0, 0.1) is 5.92 Å². The summed E-state index contributed by atoms with van der Waals surface area (Å²) >= 11 is 0. The molecule has 1 radical (unpaired) electrons. The van der Waals surface area contributed by atoms with E-state index >= 15 is 0 Å². The van der Waals surface area contributed by atoms with Gasteiger partial charge in [-0.3, -0.25) is 9.59 Å². The number of carbonyl (C=O) groups excluding carboxylic acids is 2. The molecule has 0 heterocycles. The summed E-state index contributed by atoms with van der Waals surface area (Å²) in [5.74, 6) is 0.385. The summed E-state index contributed by atoms with van der Waals surface area (Å²) in [5, 5.41) is 2.66. The van der Waals surface area contributed by atoms with Gasteiger partial charge in [0.15, 0.2) is 0 Å². The van der Waals surface area contributed by atoms with Crippen molar-refractivity contribution in [3.8, 4) is 0 Å². The first-order chi connectivity index (χ1) is 9.78. The van der Waals surface area contributed by atoms with Crippen LogP contribution in [0.3, 0.4) is 0 Å². The van der Waals surface area contributed by atoms with E-state index in [2.05, 4.69) is 5.32 Å². The molecule has 0 atom stereocenters. The standard InChI is InChI=1S/C17H20NO2/c19-13-16(11-14-7-3-1-4-8-14)18-17(20)12-15-9-5-2-6-10-15/h1,3-4,7-8,11,15H,2,5-6,9-10,12H2,(H,18,20). The topological polar surface area (TPSA) is 46.2 Å². The molecule has 1 aromatic carbocycles. The molecular formula is C17H20NO2. The van der Waals surface area contributed by atoms with Gasteiger partial charge < -0.3 is 5.32 Å². The fourth-order valence-electron chi connectivity index (χ4n) is 2.66. The number of hydrogen-bond donors (Lipinski definition) is 1. The Bertz CT molecular complexity index is 473. The predicted molar refractivity (Wildman–Crippen MR) is 79.4 cm³/mol. The average Bonchev–Trinajstić information content (AvgIpc) is 2.48. The highest BCUT2D eigenvalue weighted by Gasteiger charge is 2.17. The van der Waals surface area contributed by atoms with Crippen molar-refractivity contribution in [1.29, 1.82) is 0 Å². The second-order valence-electron chi connectivity index (χ2n) is 5.33. The van der Waals surface area contributed by atoms with Gasteiger partial charge in [-0.15, -0.1) is 0 Å². The van der Waals surface area contributed by atoms with Crippen LogP contribution in [0.15, 0.2) is 36.0 Å². The van der Waals surface area contributed by atoms with Gasteiger partial charge >= 0.3 is 0 Å². The molecule has 1 aliphatic rings. The smallest absolute Gasteiger partial charge is 0.251 e. The van der Waals surface area contributed by atoms with Crippen molar-refractivity contribution < 1.29 is 9.59 Å². The second kappa shape index (κ2) is 7.63. The summed E-state index contributed by atoms with van der Waals surface area (Å²) in [6, 6.07) is 9.44. The Morgan fingerprint density at radius 1 is 1.20 bits per heavy atom. The van der Waals surface area contributed by atoms with Crippen molar-refractivity contribution in [2.24, 2.45) is 5.92 Å². The van der Waals surface area contributed by atoms with Gasteiger partial charge in [0.25, 0.3) is 6.29 Å². The number of amides is 1. The maximum absolute atomic E-state index is 11.9. The van der Waals surface area contributed by atoms with E-state index < -0.39 is 0 Å². The minimum atomic E-state index is -0.0811. The fraction of sp³-hybridized carbons (Fsp3) is 0.412. The SMILES string of the molecule is O=[C]C(=Cc1ccccc1)NC(=O)CC1CCCCC1. The normalized spacial score (nSPS) is 16.7. The highest BCUT2D eigenvalue weighted by atomic mass is 16.2. The van der Waals surface area contributed by atoms with Gasteiger partial charge in [-0.1, -0.05) is 49.6 Å². The van der Waals surface area contributed by atoms with E-state index in [1.165, 1.54) is 19.3 Å². The summed E-state index contributed by atoms with van der Waals surface area (Å²) < 4.78 is 0. The van der Waals surface area contributed by atoms with E-state index in [-0.39, 0.29) is 11.6 Å². The molecule has 0 aromatic heterocycles. The van der Waals surface area contributed by atoms with Crippen molar-refractivity contribution in [2.45, 2.75) is 38.5 Å². The maximum atomic E-state index is 11.9. The van der Waals surface area contributed by atoms with E-state index in [4.69, 9.17) is 0 Å². The summed E-state index contributed by atoms with van der Waals surface area (Å²) in [4.78, 5) is 22.9. The van der Waals surface area contributed by atoms with E-state index in [0.717, 1.165) is 18.4 Å². The first kappa shape index (κ1) is 14.5. The summed E-state index contributed by atoms with van der Waals surface area (Å²) in [7, 11) is 0.